The Balaban J connectivity index is 0.973. The highest BCUT2D eigenvalue weighted by Crippen LogP contribution is 2.45. The number of imidazole rings is 2. The SMILES string of the molecule is CCCC[C@H]1CC[C@@H](c2ncc(-c3ccc4c(c3)COc3cc5c(ccc6nc([C@@H]7CC[C@H](CC)N7C(=O)[C@@H](NC(=O)OC)C7CCOCC7)[nH]c65)cc3-4)[nH]2)N1C(=O)C(NC(=O)OC)C(C)C. The maximum atomic E-state index is 14.6. The summed E-state index contributed by atoms with van der Waals surface area (Å²) in [6.45, 7) is 9.59. The molecule has 1 unspecified atom stereocenters. The van der Waals surface area contributed by atoms with Crippen molar-refractivity contribution in [1.29, 1.82) is 0 Å². The number of likely N-dealkylation sites (tertiary alicyclic amines) is 2. The lowest BCUT2D eigenvalue weighted by molar-refractivity contribution is -0.139. The lowest BCUT2D eigenvalue weighted by Gasteiger charge is -2.36. The molecule has 16 heteroatoms. The van der Waals surface area contributed by atoms with Gasteiger partial charge in [-0.1, -0.05) is 58.7 Å². The Kier molecular flexibility index (Phi) is 13.4. The molecule has 2 aromatic heterocycles. The van der Waals surface area contributed by atoms with Crippen molar-refractivity contribution in [3.05, 3.63) is 65.9 Å². The van der Waals surface area contributed by atoms with Crippen LogP contribution in [0.25, 0.3) is 44.2 Å². The lowest BCUT2D eigenvalue weighted by atomic mass is 9.90. The van der Waals surface area contributed by atoms with Crippen molar-refractivity contribution >= 4 is 45.8 Å². The lowest BCUT2D eigenvalue weighted by Crippen LogP contribution is -2.54. The van der Waals surface area contributed by atoms with Crippen molar-refractivity contribution in [2.45, 2.75) is 135 Å². The highest BCUT2D eigenvalue weighted by molar-refractivity contribution is 6.07. The zero-order valence-corrected chi connectivity index (χ0v) is 39.5. The van der Waals surface area contributed by atoms with Crippen LogP contribution in [0.4, 0.5) is 9.59 Å². The highest BCUT2D eigenvalue weighted by Gasteiger charge is 2.45. The van der Waals surface area contributed by atoms with Gasteiger partial charge in [-0.05, 0) is 110 Å². The molecule has 0 radical (unpaired) electrons. The summed E-state index contributed by atoms with van der Waals surface area (Å²) < 4.78 is 21.9. The van der Waals surface area contributed by atoms with Gasteiger partial charge < -0.3 is 49.3 Å². The van der Waals surface area contributed by atoms with Gasteiger partial charge in [0.15, 0.2) is 0 Å². The van der Waals surface area contributed by atoms with Crippen LogP contribution in [0.1, 0.15) is 121 Å². The number of nitrogens with one attached hydrogen (secondary N) is 4. The number of hydrogen-bond acceptors (Lipinski definition) is 10. The van der Waals surface area contributed by atoms with E-state index in [1.165, 1.54) is 14.2 Å². The fraction of sp³-hybridized carbons (Fsp3) is 0.529. The Morgan fingerprint density at radius 2 is 1.55 bits per heavy atom. The molecule has 3 fully saturated rings. The summed E-state index contributed by atoms with van der Waals surface area (Å²) in [5.74, 6) is 1.83. The number of carbonyl (C=O) groups is 4. The molecule has 67 heavy (non-hydrogen) atoms. The first-order valence-corrected chi connectivity index (χ1v) is 24.2. The highest BCUT2D eigenvalue weighted by atomic mass is 16.5. The predicted octanol–water partition coefficient (Wildman–Crippen LogP) is 8.86. The van der Waals surface area contributed by atoms with Gasteiger partial charge in [0, 0.05) is 36.2 Å². The number of nitrogens with zero attached hydrogens (tertiary/aromatic N) is 4. The fourth-order valence-corrected chi connectivity index (χ4v) is 11.0. The Bertz CT molecular complexity index is 2640. The molecule has 356 valence electrons. The van der Waals surface area contributed by atoms with E-state index in [2.05, 4.69) is 70.8 Å². The monoisotopic (exact) mass is 916 g/mol. The minimum atomic E-state index is -0.721. The summed E-state index contributed by atoms with van der Waals surface area (Å²) >= 11 is 0. The van der Waals surface area contributed by atoms with Gasteiger partial charge in [0.1, 0.15) is 36.1 Å². The first-order valence-electron chi connectivity index (χ1n) is 24.2. The number of aromatic amines is 2. The number of rotatable bonds is 13. The summed E-state index contributed by atoms with van der Waals surface area (Å²) in [6.07, 6.45) is 8.91. The quantitative estimate of drug-likeness (QED) is 0.0887. The van der Waals surface area contributed by atoms with Crippen molar-refractivity contribution in [3.63, 3.8) is 0 Å². The van der Waals surface area contributed by atoms with Gasteiger partial charge in [-0.25, -0.2) is 19.6 Å². The van der Waals surface area contributed by atoms with Crippen LogP contribution in [0.5, 0.6) is 5.75 Å². The van der Waals surface area contributed by atoms with Gasteiger partial charge in [-0.15, -0.1) is 0 Å². The van der Waals surface area contributed by atoms with E-state index in [9.17, 15) is 19.2 Å². The molecule has 0 aliphatic carbocycles. The number of benzene rings is 3. The van der Waals surface area contributed by atoms with E-state index in [0.717, 1.165) is 119 Å². The number of ether oxygens (including phenoxy) is 4. The molecule has 4 amide bonds. The van der Waals surface area contributed by atoms with Crippen molar-refractivity contribution in [2.75, 3.05) is 27.4 Å². The van der Waals surface area contributed by atoms with Gasteiger partial charge in [0.2, 0.25) is 11.8 Å². The Morgan fingerprint density at radius 1 is 0.821 bits per heavy atom. The third kappa shape index (κ3) is 8.92. The van der Waals surface area contributed by atoms with E-state index in [1.54, 1.807) is 0 Å². The largest absolute Gasteiger partial charge is 0.488 e. The van der Waals surface area contributed by atoms with Gasteiger partial charge in [-0.3, -0.25) is 9.59 Å². The Labute approximate surface area is 391 Å². The number of aromatic nitrogens is 4. The number of H-pyrrole nitrogens is 2. The van der Waals surface area contributed by atoms with Gasteiger partial charge in [0.25, 0.3) is 0 Å². The van der Waals surface area contributed by atoms with Crippen molar-refractivity contribution in [1.82, 2.24) is 40.4 Å². The van der Waals surface area contributed by atoms with E-state index >= 15 is 0 Å². The molecule has 5 aromatic rings. The average molecular weight is 917 g/mol. The van der Waals surface area contributed by atoms with Crippen LogP contribution in [0.15, 0.2) is 48.7 Å². The standard InChI is InChI=1S/C51H64N8O8/c1-7-9-10-34-14-18-40(59(34)48(60)43(28(3)4)56-50(62)64-5)46-52-26-39(54-46)31-11-15-35-32(23-31)27-67-42-25-36-30(24-37(35)42)12-16-38-45(36)55-47(53-38)41-17-13-33(8-2)58(41)49(61)44(57-51(63)65-6)29-19-21-66-22-20-29/h11-12,15-16,23-26,28-29,33-34,40-41,43-44H,7-10,13-14,17-22,27H2,1-6H3,(H,52,54)(H,53,55)(H,56,62)(H,57,63)/t33-,34-,40-,41-,43?,44-/m0/s1. The smallest absolute Gasteiger partial charge is 0.407 e. The summed E-state index contributed by atoms with van der Waals surface area (Å²) in [6, 6.07) is 12.9. The van der Waals surface area contributed by atoms with Crippen LogP contribution in [-0.2, 0) is 30.4 Å². The zero-order valence-electron chi connectivity index (χ0n) is 39.5. The minimum Gasteiger partial charge on any atom is -0.488 e. The molecule has 3 aromatic carbocycles. The first-order chi connectivity index (χ1) is 32.5. The summed E-state index contributed by atoms with van der Waals surface area (Å²) in [5.41, 5.74) is 6.65. The molecule has 9 rings (SSSR count). The van der Waals surface area contributed by atoms with Crippen LogP contribution in [0, 0.1) is 11.8 Å². The van der Waals surface area contributed by atoms with Gasteiger partial charge in [0.05, 0.1) is 49.2 Å². The summed E-state index contributed by atoms with van der Waals surface area (Å²) in [7, 11) is 2.63. The van der Waals surface area contributed by atoms with Crippen LogP contribution >= 0.6 is 0 Å². The van der Waals surface area contributed by atoms with E-state index in [1.807, 2.05) is 35.9 Å². The summed E-state index contributed by atoms with van der Waals surface area (Å²) in [4.78, 5) is 74.7. The molecule has 0 saturated carbocycles. The predicted molar refractivity (Wildman–Crippen MR) is 253 cm³/mol. The van der Waals surface area contributed by atoms with Gasteiger partial charge >= 0.3 is 12.2 Å². The average Bonchev–Trinajstić information content (AvgIpc) is 4.18. The maximum absolute atomic E-state index is 14.6. The van der Waals surface area contributed by atoms with Crippen molar-refractivity contribution < 1.29 is 38.1 Å². The fourth-order valence-electron chi connectivity index (χ4n) is 11.0. The van der Waals surface area contributed by atoms with E-state index in [4.69, 9.17) is 28.9 Å². The number of carbonyl (C=O) groups excluding carboxylic acids is 4. The Morgan fingerprint density at radius 3 is 2.28 bits per heavy atom. The zero-order chi connectivity index (χ0) is 46.9. The molecule has 16 nitrogen and oxygen atoms in total. The van der Waals surface area contributed by atoms with E-state index in [-0.39, 0.29) is 47.8 Å². The van der Waals surface area contributed by atoms with Crippen LogP contribution in [0.2, 0.25) is 0 Å². The van der Waals surface area contributed by atoms with E-state index < -0.39 is 24.3 Å². The topological polar surface area (TPSA) is 193 Å². The molecule has 4 aliphatic heterocycles. The van der Waals surface area contributed by atoms with E-state index in [0.29, 0.717) is 32.7 Å². The maximum Gasteiger partial charge on any atom is 0.407 e. The number of amides is 4. The minimum absolute atomic E-state index is 0.0119. The second-order valence-electron chi connectivity index (χ2n) is 19.0. The number of alkyl carbamates (subject to hydrolysis) is 2. The van der Waals surface area contributed by atoms with Crippen LogP contribution in [-0.4, -0.2) is 105 Å². The molecule has 6 heterocycles. The Hall–Kier alpha value is -6.16. The summed E-state index contributed by atoms with van der Waals surface area (Å²) in [5, 5.41) is 7.68. The second kappa shape index (κ2) is 19.6. The molecule has 3 saturated heterocycles. The normalized spacial score (nSPS) is 21.5. The second-order valence-corrected chi connectivity index (χ2v) is 19.0. The van der Waals surface area contributed by atoms with Crippen molar-refractivity contribution in [3.8, 4) is 28.1 Å². The van der Waals surface area contributed by atoms with Gasteiger partial charge in [-0.2, -0.15) is 0 Å². The molecule has 4 N–H and O–H groups in total. The number of methoxy groups -OCH3 is 2. The number of hydrogen-bond donors (Lipinski definition) is 4. The van der Waals surface area contributed by atoms with Crippen molar-refractivity contribution in [2.24, 2.45) is 11.8 Å². The first kappa shape index (κ1) is 46.0. The van der Waals surface area contributed by atoms with Crippen LogP contribution < -0.4 is 15.4 Å². The third-order valence-electron chi connectivity index (χ3n) is 14.6. The molecular weight excluding hydrogens is 853 g/mol. The molecule has 0 bridgehead atoms. The molecular formula is C51H64N8O8. The molecule has 0 spiro atoms. The van der Waals surface area contributed by atoms with Crippen LogP contribution in [0.3, 0.4) is 0 Å². The third-order valence-corrected chi connectivity index (χ3v) is 14.6. The molecule has 6 atom stereocenters. The number of unbranched alkanes of at least 4 members (excludes halogenated alkanes) is 1. The number of fused-ring (bicyclic) bond motifs is 6. The molecule has 4 aliphatic rings.